The van der Waals surface area contributed by atoms with Crippen LogP contribution >= 0.6 is 23.5 Å². The number of rotatable bonds is 2. The molecule has 2 N–H and O–H groups in total. The summed E-state index contributed by atoms with van der Waals surface area (Å²) in [6.07, 6.45) is 3.46. The molecule has 1 aromatic heterocycles. The van der Waals surface area contributed by atoms with Gasteiger partial charge in [0.1, 0.15) is 0 Å². The van der Waals surface area contributed by atoms with E-state index in [2.05, 4.69) is 13.8 Å². The van der Waals surface area contributed by atoms with Gasteiger partial charge in [0, 0.05) is 33.1 Å². The van der Waals surface area contributed by atoms with Crippen molar-refractivity contribution in [1.82, 2.24) is 0 Å². The van der Waals surface area contributed by atoms with Crippen LogP contribution in [0.5, 0.6) is 0 Å². The van der Waals surface area contributed by atoms with Crippen LogP contribution in [-0.4, -0.2) is 21.5 Å². The molecule has 2 nitrogen and oxygen atoms in total. The third-order valence-corrected chi connectivity index (χ3v) is 6.42. The first kappa shape index (κ1) is 11.4. The van der Waals surface area contributed by atoms with Crippen molar-refractivity contribution in [3.05, 3.63) is 24.2 Å². The summed E-state index contributed by atoms with van der Waals surface area (Å²) in [6.45, 7) is 4.58. The van der Waals surface area contributed by atoms with E-state index in [1.807, 2.05) is 29.6 Å². The molecule has 0 amide bonds. The van der Waals surface area contributed by atoms with E-state index in [4.69, 9.17) is 10.2 Å². The number of furan rings is 1. The second-order valence-electron chi connectivity index (χ2n) is 4.00. The lowest BCUT2D eigenvalue weighted by Gasteiger charge is -2.34. The molecular weight excluding hydrogens is 226 g/mol. The number of thioether (sulfide) groups is 2. The molecule has 84 valence electrons. The van der Waals surface area contributed by atoms with E-state index in [0.29, 0.717) is 10.5 Å². The summed E-state index contributed by atoms with van der Waals surface area (Å²) in [4.78, 5) is 0. The molecule has 0 radical (unpaired) electrons. The van der Waals surface area contributed by atoms with E-state index in [1.54, 1.807) is 12.5 Å². The third kappa shape index (κ3) is 2.55. The molecule has 15 heavy (non-hydrogen) atoms. The summed E-state index contributed by atoms with van der Waals surface area (Å²) >= 11 is 4.04. The molecule has 0 aliphatic carbocycles. The maximum Gasteiger partial charge on any atom is 0.0950 e. The van der Waals surface area contributed by atoms with Crippen LogP contribution in [0, 0.1) is 0 Å². The molecule has 1 aliphatic heterocycles. The summed E-state index contributed by atoms with van der Waals surface area (Å²) in [7, 11) is 0. The van der Waals surface area contributed by atoms with Crippen LogP contribution in [0.3, 0.4) is 0 Å². The molecule has 2 heterocycles. The molecule has 0 aromatic carbocycles. The predicted octanol–water partition coefficient (Wildman–Crippen LogP) is 2.91. The molecule has 1 fully saturated rings. The van der Waals surface area contributed by atoms with Crippen molar-refractivity contribution in [3.8, 4) is 0 Å². The summed E-state index contributed by atoms with van der Waals surface area (Å²) in [5.41, 5.74) is 7.35. The normalized spacial score (nSPS) is 33.9. The van der Waals surface area contributed by atoms with Crippen LogP contribution in [0.15, 0.2) is 23.0 Å². The van der Waals surface area contributed by atoms with Crippen molar-refractivity contribution in [3.63, 3.8) is 0 Å². The van der Waals surface area contributed by atoms with Crippen LogP contribution in [0.1, 0.15) is 25.5 Å². The average Bonchev–Trinajstić information content (AvgIpc) is 2.74. The lowest BCUT2D eigenvalue weighted by atomic mass is 10.1. The van der Waals surface area contributed by atoms with Crippen molar-refractivity contribution in [2.45, 2.75) is 35.6 Å². The summed E-state index contributed by atoms with van der Waals surface area (Å²) in [5, 5.41) is 1.94. The smallest absolute Gasteiger partial charge is 0.0950 e. The standard InChI is InChI=1S/C11H17NOS2/c1-7-8(2)15-10(6-14-7)11(12)9-3-4-13-5-9/h3-5,7-8,10-11H,6,12H2,1-2H3. The quantitative estimate of drug-likeness (QED) is 0.867. The van der Waals surface area contributed by atoms with Crippen molar-refractivity contribution >= 4 is 23.5 Å². The van der Waals surface area contributed by atoms with Gasteiger partial charge in [-0.2, -0.15) is 23.5 Å². The van der Waals surface area contributed by atoms with Gasteiger partial charge in [-0.3, -0.25) is 0 Å². The Labute approximate surface area is 99.4 Å². The Balaban J connectivity index is 2.00. The Morgan fingerprint density at radius 3 is 2.87 bits per heavy atom. The van der Waals surface area contributed by atoms with Crippen LogP contribution in [0.2, 0.25) is 0 Å². The zero-order valence-corrected chi connectivity index (χ0v) is 10.7. The van der Waals surface area contributed by atoms with Gasteiger partial charge in [-0.1, -0.05) is 13.8 Å². The molecule has 1 aromatic rings. The highest BCUT2D eigenvalue weighted by atomic mass is 32.2. The highest BCUT2D eigenvalue weighted by molar-refractivity contribution is 8.07. The van der Waals surface area contributed by atoms with Crippen molar-refractivity contribution < 1.29 is 4.42 Å². The van der Waals surface area contributed by atoms with E-state index in [9.17, 15) is 0 Å². The number of hydrogen-bond donors (Lipinski definition) is 1. The zero-order valence-electron chi connectivity index (χ0n) is 9.05. The minimum atomic E-state index is 0.108. The van der Waals surface area contributed by atoms with Gasteiger partial charge in [0.2, 0.25) is 0 Å². The fraction of sp³-hybridized carbons (Fsp3) is 0.636. The van der Waals surface area contributed by atoms with E-state index in [-0.39, 0.29) is 6.04 Å². The molecule has 0 spiro atoms. The minimum Gasteiger partial charge on any atom is -0.472 e. The zero-order chi connectivity index (χ0) is 10.8. The van der Waals surface area contributed by atoms with Crippen molar-refractivity contribution in [2.75, 3.05) is 5.75 Å². The monoisotopic (exact) mass is 243 g/mol. The molecule has 2 rings (SSSR count). The third-order valence-electron chi connectivity index (χ3n) is 2.90. The summed E-state index contributed by atoms with van der Waals surface area (Å²) in [6, 6.07) is 2.08. The Bertz CT molecular complexity index is 302. The predicted molar refractivity (Wildman–Crippen MR) is 68.4 cm³/mol. The van der Waals surface area contributed by atoms with Crippen LogP contribution in [0.4, 0.5) is 0 Å². The van der Waals surface area contributed by atoms with Crippen LogP contribution < -0.4 is 5.73 Å². The second kappa shape index (κ2) is 4.85. The fourth-order valence-corrected chi connectivity index (χ4v) is 4.72. The largest absolute Gasteiger partial charge is 0.472 e. The first-order chi connectivity index (χ1) is 7.18. The molecule has 0 bridgehead atoms. The number of hydrogen-bond acceptors (Lipinski definition) is 4. The van der Waals surface area contributed by atoms with E-state index < -0.39 is 0 Å². The van der Waals surface area contributed by atoms with Crippen LogP contribution in [-0.2, 0) is 0 Å². The molecule has 4 heteroatoms. The molecule has 1 aliphatic rings. The van der Waals surface area contributed by atoms with Crippen molar-refractivity contribution in [1.29, 1.82) is 0 Å². The van der Waals surface area contributed by atoms with Gasteiger partial charge in [-0.05, 0) is 6.07 Å². The maximum absolute atomic E-state index is 6.23. The first-order valence-corrected chi connectivity index (χ1v) is 7.22. The van der Waals surface area contributed by atoms with E-state index >= 15 is 0 Å². The molecule has 4 unspecified atom stereocenters. The van der Waals surface area contributed by atoms with Gasteiger partial charge in [-0.25, -0.2) is 0 Å². The van der Waals surface area contributed by atoms with E-state index in [1.165, 1.54) is 0 Å². The van der Waals surface area contributed by atoms with Crippen LogP contribution in [0.25, 0.3) is 0 Å². The molecule has 1 saturated heterocycles. The highest BCUT2D eigenvalue weighted by Crippen LogP contribution is 2.40. The van der Waals surface area contributed by atoms with Gasteiger partial charge in [0.25, 0.3) is 0 Å². The maximum atomic E-state index is 6.23. The lowest BCUT2D eigenvalue weighted by Crippen LogP contribution is -2.33. The van der Waals surface area contributed by atoms with Crippen molar-refractivity contribution in [2.24, 2.45) is 5.73 Å². The molecular formula is C11H17NOS2. The SMILES string of the molecule is CC1SCC(C(N)c2ccoc2)SC1C. The first-order valence-electron chi connectivity index (χ1n) is 5.23. The lowest BCUT2D eigenvalue weighted by molar-refractivity contribution is 0.558. The molecule has 4 atom stereocenters. The van der Waals surface area contributed by atoms with Gasteiger partial charge in [0.15, 0.2) is 0 Å². The van der Waals surface area contributed by atoms with Gasteiger partial charge >= 0.3 is 0 Å². The minimum absolute atomic E-state index is 0.108. The molecule has 0 saturated carbocycles. The second-order valence-corrected chi connectivity index (χ2v) is 7.03. The number of nitrogens with two attached hydrogens (primary N) is 1. The van der Waals surface area contributed by atoms with E-state index in [0.717, 1.165) is 16.6 Å². The van der Waals surface area contributed by atoms with Gasteiger partial charge < -0.3 is 10.2 Å². The highest BCUT2D eigenvalue weighted by Gasteiger charge is 2.30. The fourth-order valence-electron chi connectivity index (χ4n) is 1.68. The summed E-state index contributed by atoms with van der Waals surface area (Å²) in [5.74, 6) is 1.14. The Morgan fingerprint density at radius 2 is 2.27 bits per heavy atom. The topological polar surface area (TPSA) is 39.2 Å². The van der Waals surface area contributed by atoms with Gasteiger partial charge in [-0.15, -0.1) is 0 Å². The Kier molecular flexibility index (Phi) is 3.69. The Hall–Kier alpha value is -0.0600. The average molecular weight is 243 g/mol. The Morgan fingerprint density at radius 1 is 1.47 bits per heavy atom. The summed E-state index contributed by atoms with van der Waals surface area (Å²) < 4.78 is 5.08. The van der Waals surface area contributed by atoms with Gasteiger partial charge in [0.05, 0.1) is 12.5 Å².